The van der Waals surface area contributed by atoms with E-state index in [9.17, 15) is 4.79 Å². The zero-order valence-corrected chi connectivity index (χ0v) is 15.7. The monoisotopic (exact) mass is 385 g/mol. The molecule has 4 heterocycles. The number of amides is 1. The van der Waals surface area contributed by atoms with Crippen LogP contribution in [0.2, 0.25) is 5.02 Å². The predicted octanol–water partition coefficient (Wildman–Crippen LogP) is 1.46. The van der Waals surface area contributed by atoms with Crippen molar-refractivity contribution in [2.45, 2.75) is 6.54 Å². The number of nitrogens with one attached hydrogen (secondary N) is 1. The SMILES string of the molecule is CN1CCN(c2ncccc2CNC(=O)c2cn3cc(Cl)cnc3n2)CC1. The molecule has 0 radical (unpaired) electrons. The van der Waals surface area contributed by atoms with Gasteiger partial charge in [0.25, 0.3) is 5.91 Å². The minimum atomic E-state index is -0.259. The molecule has 1 saturated heterocycles. The number of pyridine rings is 1. The highest BCUT2D eigenvalue weighted by Crippen LogP contribution is 2.19. The van der Waals surface area contributed by atoms with Crippen LogP contribution in [0.15, 0.2) is 36.9 Å². The van der Waals surface area contributed by atoms with E-state index in [2.05, 4.69) is 37.1 Å². The van der Waals surface area contributed by atoms with E-state index >= 15 is 0 Å². The van der Waals surface area contributed by atoms with Gasteiger partial charge in [0.05, 0.1) is 11.2 Å². The lowest BCUT2D eigenvalue weighted by Crippen LogP contribution is -2.45. The highest BCUT2D eigenvalue weighted by Gasteiger charge is 2.19. The van der Waals surface area contributed by atoms with E-state index in [4.69, 9.17) is 11.6 Å². The lowest BCUT2D eigenvalue weighted by molar-refractivity contribution is 0.0946. The molecule has 27 heavy (non-hydrogen) atoms. The average Bonchev–Trinajstić information content (AvgIpc) is 3.10. The van der Waals surface area contributed by atoms with Crippen molar-refractivity contribution in [3.05, 3.63) is 53.2 Å². The minimum Gasteiger partial charge on any atom is -0.354 e. The van der Waals surface area contributed by atoms with Gasteiger partial charge in [-0.05, 0) is 13.1 Å². The molecule has 140 valence electrons. The number of fused-ring (bicyclic) bond motifs is 1. The normalized spacial score (nSPS) is 15.3. The molecule has 3 aromatic rings. The number of aromatic nitrogens is 4. The van der Waals surface area contributed by atoms with Crippen LogP contribution in [0.3, 0.4) is 0 Å². The second-order valence-electron chi connectivity index (χ2n) is 6.56. The van der Waals surface area contributed by atoms with Crippen LogP contribution in [0.4, 0.5) is 5.82 Å². The number of likely N-dealkylation sites (N-methyl/N-ethyl adjacent to an activating group) is 1. The molecule has 0 aromatic carbocycles. The second-order valence-corrected chi connectivity index (χ2v) is 7.00. The Morgan fingerprint density at radius 1 is 1.22 bits per heavy atom. The molecule has 4 rings (SSSR count). The van der Waals surface area contributed by atoms with Crippen molar-refractivity contribution in [3.8, 4) is 0 Å². The van der Waals surface area contributed by atoms with E-state index in [-0.39, 0.29) is 5.91 Å². The smallest absolute Gasteiger partial charge is 0.271 e. The predicted molar refractivity (Wildman–Crippen MR) is 103 cm³/mol. The van der Waals surface area contributed by atoms with Gasteiger partial charge in [0.1, 0.15) is 11.5 Å². The Morgan fingerprint density at radius 3 is 2.85 bits per heavy atom. The van der Waals surface area contributed by atoms with E-state index in [0.717, 1.165) is 37.6 Å². The molecule has 1 amide bonds. The van der Waals surface area contributed by atoms with Gasteiger partial charge in [0.2, 0.25) is 5.78 Å². The molecule has 1 fully saturated rings. The third-order valence-corrected chi connectivity index (χ3v) is 4.82. The van der Waals surface area contributed by atoms with Gasteiger partial charge in [-0.15, -0.1) is 0 Å². The van der Waals surface area contributed by atoms with Crippen LogP contribution in [0, 0.1) is 0 Å². The number of anilines is 1. The molecule has 0 aliphatic carbocycles. The minimum absolute atomic E-state index is 0.259. The van der Waals surface area contributed by atoms with Crippen molar-refractivity contribution in [1.29, 1.82) is 0 Å². The number of hydrogen-bond donors (Lipinski definition) is 1. The van der Waals surface area contributed by atoms with Gasteiger partial charge in [-0.25, -0.2) is 15.0 Å². The summed E-state index contributed by atoms with van der Waals surface area (Å²) < 4.78 is 1.64. The number of nitrogens with zero attached hydrogens (tertiary/aromatic N) is 6. The fraction of sp³-hybridized carbons (Fsp3) is 0.333. The van der Waals surface area contributed by atoms with Gasteiger partial charge < -0.3 is 15.1 Å². The number of carbonyl (C=O) groups is 1. The Morgan fingerprint density at radius 2 is 2.04 bits per heavy atom. The van der Waals surface area contributed by atoms with Gasteiger partial charge in [0, 0.05) is 56.9 Å². The molecule has 0 atom stereocenters. The number of rotatable bonds is 4. The summed E-state index contributed by atoms with van der Waals surface area (Å²) in [6, 6.07) is 3.88. The first kappa shape index (κ1) is 17.7. The number of piperazine rings is 1. The van der Waals surface area contributed by atoms with Gasteiger partial charge >= 0.3 is 0 Å². The summed E-state index contributed by atoms with van der Waals surface area (Å²) in [5.41, 5.74) is 1.29. The van der Waals surface area contributed by atoms with E-state index in [0.29, 0.717) is 23.0 Å². The third kappa shape index (κ3) is 3.86. The molecule has 0 bridgehead atoms. The van der Waals surface area contributed by atoms with Crippen molar-refractivity contribution in [1.82, 2.24) is 29.6 Å². The maximum absolute atomic E-state index is 12.5. The lowest BCUT2D eigenvalue weighted by Gasteiger charge is -2.34. The number of carbonyl (C=O) groups excluding carboxylic acids is 1. The van der Waals surface area contributed by atoms with Gasteiger partial charge in [-0.3, -0.25) is 9.20 Å². The van der Waals surface area contributed by atoms with Crippen LogP contribution in [-0.4, -0.2) is 63.4 Å². The van der Waals surface area contributed by atoms with Gasteiger partial charge in [0.15, 0.2) is 0 Å². The first-order valence-corrected chi connectivity index (χ1v) is 9.14. The second kappa shape index (κ2) is 7.50. The summed E-state index contributed by atoms with van der Waals surface area (Å²) in [7, 11) is 2.12. The van der Waals surface area contributed by atoms with E-state index in [1.165, 1.54) is 6.20 Å². The molecule has 0 spiro atoms. The maximum atomic E-state index is 12.5. The summed E-state index contributed by atoms with van der Waals surface area (Å²) in [6.45, 7) is 4.23. The quantitative estimate of drug-likeness (QED) is 0.732. The Kier molecular flexibility index (Phi) is 4.91. The summed E-state index contributed by atoms with van der Waals surface area (Å²) in [4.78, 5) is 29.9. The Labute approximate surface area is 161 Å². The largest absolute Gasteiger partial charge is 0.354 e. The average molecular weight is 386 g/mol. The molecule has 9 heteroatoms. The highest BCUT2D eigenvalue weighted by atomic mass is 35.5. The standard InChI is InChI=1S/C18H20ClN7O/c1-24-5-7-25(8-6-24)16-13(3-2-4-20-16)9-21-17(27)15-12-26-11-14(19)10-22-18(26)23-15/h2-4,10-12H,5-9H2,1H3,(H,21,27). The van der Waals surface area contributed by atoms with Crippen LogP contribution >= 0.6 is 11.6 Å². The fourth-order valence-electron chi connectivity index (χ4n) is 3.11. The van der Waals surface area contributed by atoms with Crippen molar-refractivity contribution < 1.29 is 4.79 Å². The Balaban J connectivity index is 1.47. The summed E-state index contributed by atoms with van der Waals surface area (Å²) in [5, 5.41) is 3.41. The molecule has 3 aromatic heterocycles. The number of hydrogen-bond acceptors (Lipinski definition) is 6. The zero-order chi connectivity index (χ0) is 18.8. The van der Waals surface area contributed by atoms with E-state index in [1.54, 1.807) is 23.0 Å². The number of halogens is 1. The van der Waals surface area contributed by atoms with Crippen LogP contribution in [0.25, 0.3) is 5.78 Å². The topological polar surface area (TPSA) is 78.7 Å². The van der Waals surface area contributed by atoms with Gasteiger partial charge in [-0.2, -0.15) is 0 Å². The van der Waals surface area contributed by atoms with Crippen molar-refractivity contribution in [2.75, 3.05) is 38.1 Å². The molecule has 8 nitrogen and oxygen atoms in total. The molecule has 0 unspecified atom stereocenters. The fourth-order valence-corrected chi connectivity index (χ4v) is 3.26. The molecule has 1 N–H and O–H groups in total. The molecular formula is C18H20ClN7O. The van der Waals surface area contributed by atoms with Crippen LogP contribution < -0.4 is 10.2 Å². The molecule has 1 aliphatic rings. The third-order valence-electron chi connectivity index (χ3n) is 4.62. The first-order valence-electron chi connectivity index (χ1n) is 8.76. The number of imidazole rings is 1. The van der Waals surface area contributed by atoms with Crippen LogP contribution in [-0.2, 0) is 6.54 Å². The highest BCUT2D eigenvalue weighted by molar-refractivity contribution is 6.30. The summed E-state index contributed by atoms with van der Waals surface area (Å²) >= 11 is 5.92. The van der Waals surface area contributed by atoms with E-state index in [1.807, 2.05) is 12.1 Å². The maximum Gasteiger partial charge on any atom is 0.271 e. The van der Waals surface area contributed by atoms with E-state index < -0.39 is 0 Å². The molecule has 0 saturated carbocycles. The van der Waals surface area contributed by atoms with Crippen molar-refractivity contribution >= 4 is 29.1 Å². The molecule has 1 aliphatic heterocycles. The first-order chi connectivity index (χ1) is 13.1. The van der Waals surface area contributed by atoms with Crippen LogP contribution in [0.5, 0.6) is 0 Å². The lowest BCUT2D eigenvalue weighted by atomic mass is 10.2. The Bertz CT molecular complexity index is 965. The molecular weight excluding hydrogens is 366 g/mol. The summed E-state index contributed by atoms with van der Waals surface area (Å²) in [5.74, 6) is 1.10. The Hall–Kier alpha value is -2.71. The van der Waals surface area contributed by atoms with Crippen molar-refractivity contribution in [3.63, 3.8) is 0 Å². The van der Waals surface area contributed by atoms with Crippen molar-refractivity contribution in [2.24, 2.45) is 0 Å². The van der Waals surface area contributed by atoms with Crippen LogP contribution in [0.1, 0.15) is 16.1 Å². The van der Waals surface area contributed by atoms with Gasteiger partial charge in [-0.1, -0.05) is 17.7 Å². The zero-order valence-electron chi connectivity index (χ0n) is 15.0. The summed E-state index contributed by atoms with van der Waals surface area (Å²) in [6.07, 6.45) is 6.58.